The number of aliphatic carboxylic acids is 1. The zero-order valence-electron chi connectivity index (χ0n) is 11.1. The van der Waals surface area contributed by atoms with Gasteiger partial charge in [-0.15, -0.1) is 0 Å². The molecule has 0 fully saturated rings. The van der Waals surface area contributed by atoms with Gasteiger partial charge in [0, 0.05) is 12.6 Å². The Hall–Kier alpha value is -1.42. The van der Waals surface area contributed by atoms with E-state index in [-0.39, 0.29) is 18.3 Å². The standard InChI is InChI=1S/C14H20FNO2/c1-4-16(11(3)7-14(17)18)9-12-6-5-10(2)13(15)8-12/h5-6,8,11H,4,7,9H2,1-3H3,(H,17,18). The van der Waals surface area contributed by atoms with E-state index >= 15 is 0 Å². The first-order chi connectivity index (χ1) is 8.43. The molecule has 0 radical (unpaired) electrons. The molecule has 0 saturated carbocycles. The molecule has 1 aromatic rings. The smallest absolute Gasteiger partial charge is 0.304 e. The maximum atomic E-state index is 13.4. The van der Waals surface area contributed by atoms with Crippen molar-refractivity contribution >= 4 is 5.97 Å². The van der Waals surface area contributed by atoms with Gasteiger partial charge in [0.05, 0.1) is 6.42 Å². The number of aryl methyl sites for hydroxylation is 1. The third kappa shape index (κ3) is 4.11. The van der Waals surface area contributed by atoms with E-state index in [2.05, 4.69) is 0 Å². The van der Waals surface area contributed by atoms with Crippen molar-refractivity contribution in [1.82, 2.24) is 4.90 Å². The van der Waals surface area contributed by atoms with Crippen LogP contribution in [0.3, 0.4) is 0 Å². The summed E-state index contributed by atoms with van der Waals surface area (Å²) in [7, 11) is 0. The van der Waals surface area contributed by atoms with Gasteiger partial charge in [-0.1, -0.05) is 19.1 Å². The van der Waals surface area contributed by atoms with Crippen LogP contribution >= 0.6 is 0 Å². The Bertz CT molecular complexity index is 420. The summed E-state index contributed by atoms with van der Waals surface area (Å²) in [5.41, 5.74) is 1.50. The summed E-state index contributed by atoms with van der Waals surface area (Å²) in [4.78, 5) is 12.7. The highest BCUT2D eigenvalue weighted by atomic mass is 19.1. The number of halogens is 1. The Labute approximate surface area is 107 Å². The van der Waals surface area contributed by atoms with Crippen molar-refractivity contribution in [3.05, 3.63) is 35.1 Å². The van der Waals surface area contributed by atoms with Crippen molar-refractivity contribution in [3.63, 3.8) is 0 Å². The fraction of sp³-hybridized carbons (Fsp3) is 0.500. The summed E-state index contributed by atoms with van der Waals surface area (Å²) >= 11 is 0. The number of carboxylic acid groups (broad SMARTS) is 1. The zero-order valence-corrected chi connectivity index (χ0v) is 11.1. The Morgan fingerprint density at radius 1 is 1.50 bits per heavy atom. The number of rotatable bonds is 6. The summed E-state index contributed by atoms with van der Waals surface area (Å²) in [6, 6.07) is 5.09. The second kappa shape index (κ2) is 6.50. The predicted molar refractivity (Wildman–Crippen MR) is 68.9 cm³/mol. The van der Waals surface area contributed by atoms with E-state index in [0.717, 1.165) is 12.1 Å². The molecule has 0 aliphatic carbocycles. The summed E-state index contributed by atoms with van der Waals surface area (Å²) in [5.74, 6) is -1.02. The minimum absolute atomic E-state index is 0.0585. The lowest BCUT2D eigenvalue weighted by Gasteiger charge is -2.26. The third-order valence-electron chi connectivity index (χ3n) is 3.12. The molecular weight excluding hydrogens is 233 g/mol. The Morgan fingerprint density at radius 2 is 2.17 bits per heavy atom. The first-order valence-electron chi connectivity index (χ1n) is 6.15. The highest BCUT2D eigenvalue weighted by Gasteiger charge is 2.15. The molecule has 0 aliphatic heterocycles. The molecule has 1 unspecified atom stereocenters. The molecule has 0 saturated heterocycles. The lowest BCUT2D eigenvalue weighted by Crippen LogP contribution is -2.34. The van der Waals surface area contributed by atoms with Crippen LogP contribution in [0.2, 0.25) is 0 Å². The maximum absolute atomic E-state index is 13.4. The van der Waals surface area contributed by atoms with Crippen LogP contribution < -0.4 is 0 Å². The summed E-state index contributed by atoms with van der Waals surface area (Å²) in [5, 5.41) is 8.79. The van der Waals surface area contributed by atoms with Crippen LogP contribution in [0.4, 0.5) is 4.39 Å². The topological polar surface area (TPSA) is 40.5 Å². The van der Waals surface area contributed by atoms with Crippen LogP contribution in [0.1, 0.15) is 31.4 Å². The van der Waals surface area contributed by atoms with Gasteiger partial charge in [0.15, 0.2) is 0 Å². The van der Waals surface area contributed by atoms with Crippen molar-refractivity contribution in [2.24, 2.45) is 0 Å². The molecule has 0 spiro atoms. The number of benzene rings is 1. The van der Waals surface area contributed by atoms with Crippen molar-refractivity contribution in [2.45, 2.75) is 39.8 Å². The molecule has 0 bridgehead atoms. The molecule has 4 heteroatoms. The second-order valence-electron chi connectivity index (χ2n) is 4.59. The van der Waals surface area contributed by atoms with Crippen LogP contribution in [0, 0.1) is 12.7 Å². The third-order valence-corrected chi connectivity index (χ3v) is 3.12. The van der Waals surface area contributed by atoms with Gasteiger partial charge < -0.3 is 5.11 Å². The van der Waals surface area contributed by atoms with Crippen molar-refractivity contribution < 1.29 is 14.3 Å². The molecule has 0 heterocycles. The lowest BCUT2D eigenvalue weighted by molar-refractivity contribution is -0.138. The van der Waals surface area contributed by atoms with E-state index in [1.165, 1.54) is 6.07 Å². The van der Waals surface area contributed by atoms with Crippen molar-refractivity contribution in [1.29, 1.82) is 0 Å². The van der Waals surface area contributed by atoms with Crippen LogP contribution in [0.5, 0.6) is 0 Å². The van der Waals surface area contributed by atoms with Crippen LogP contribution in [-0.2, 0) is 11.3 Å². The quantitative estimate of drug-likeness (QED) is 0.847. The Balaban J connectivity index is 2.72. The van der Waals surface area contributed by atoms with Crippen molar-refractivity contribution in [3.8, 4) is 0 Å². The van der Waals surface area contributed by atoms with E-state index in [9.17, 15) is 9.18 Å². The number of nitrogens with zero attached hydrogens (tertiary/aromatic N) is 1. The van der Waals surface area contributed by atoms with Gasteiger partial charge in [0.2, 0.25) is 0 Å². The second-order valence-corrected chi connectivity index (χ2v) is 4.59. The van der Waals surface area contributed by atoms with E-state index < -0.39 is 5.97 Å². The average Bonchev–Trinajstić information content (AvgIpc) is 2.29. The molecule has 1 rings (SSSR count). The van der Waals surface area contributed by atoms with Gasteiger partial charge in [0.1, 0.15) is 5.82 Å². The average molecular weight is 253 g/mol. The number of hydrogen-bond acceptors (Lipinski definition) is 2. The molecule has 1 aromatic carbocycles. The van der Waals surface area contributed by atoms with Gasteiger partial charge >= 0.3 is 5.97 Å². The maximum Gasteiger partial charge on any atom is 0.304 e. The van der Waals surface area contributed by atoms with Gasteiger partial charge in [-0.25, -0.2) is 4.39 Å². The molecule has 3 nitrogen and oxygen atoms in total. The fourth-order valence-electron chi connectivity index (χ4n) is 1.93. The molecule has 1 atom stereocenters. The monoisotopic (exact) mass is 253 g/mol. The largest absolute Gasteiger partial charge is 0.481 e. The molecule has 0 aromatic heterocycles. The normalized spacial score (nSPS) is 12.7. The molecule has 0 aliphatic rings. The lowest BCUT2D eigenvalue weighted by atomic mass is 10.1. The first-order valence-corrected chi connectivity index (χ1v) is 6.15. The first kappa shape index (κ1) is 14.6. The molecule has 18 heavy (non-hydrogen) atoms. The van der Waals surface area contributed by atoms with Gasteiger partial charge in [-0.2, -0.15) is 0 Å². The Kier molecular flexibility index (Phi) is 5.28. The van der Waals surface area contributed by atoms with Crippen molar-refractivity contribution in [2.75, 3.05) is 6.54 Å². The predicted octanol–water partition coefficient (Wildman–Crippen LogP) is 2.82. The number of hydrogen-bond donors (Lipinski definition) is 1. The molecule has 1 N–H and O–H groups in total. The molecular formula is C14H20FNO2. The number of carbonyl (C=O) groups is 1. The molecule has 100 valence electrons. The van der Waals surface area contributed by atoms with Crippen LogP contribution in [0.15, 0.2) is 18.2 Å². The summed E-state index contributed by atoms with van der Waals surface area (Å²) in [6.07, 6.45) is 0.0994. The minimum atomic E-state index is -0.809. The Morgan fingerprint density at radius 3 is 2.67 bits per heavy atom. The number of carboxylic acids is 1. The van der Waals surface area contributed by atoms with E-state index in [1.54, 1.807) is 13.0 Å². The van der Waals surface area contributed by atoms with E-state index in [4.69, 9.17) is 5.11 Å². The summed E-state index contributed by atoms with van der Waals surface area (Å²) < 4.78 is 13.4. The van der Waals surface area contributed by atoms with E-state index in [1.807, 2.05) is 24.8 Å². The fourth-order valence-corrected chi connectivity index (χ4v) is 1.93. The summed E-state index contributed by atoms with van der Waals surface area (Å²) in [6.45, 7) is 6.89. The van der Waals surface area contributed by atoms with Gasteiger partial charge in [0.25, 0.3) is 0 Å². The van der Waals surface area contributed by atoms with Crippen LogP contribution in [0.25, 0.3) is 0 Å². The van der Waals surface area contributed by atoms with Crippen LogP contribution in [-0.4, -0.2) is 28.6 Å². The minimum Gasteiger partial charge on any atom is -0.481 e. The molecule has 0 amide bonds. The highest BCUT2D eigenvalue weighted by molar-refractivity contribution is 5.67. The van der Waals surface area contributed by atoms with Gasteiger partial charge in [-0.3, -0.25) is 9.69 Å². The van der Waals surface area contributed by atoms with E-state index in [0.29, 0.717) is 12.1 Å². The zero-order chi connectivity index (χ0) is 13.7. The highest BCUT2D eigenvalue weighted by Crippen LogP contribution is 2.14. The van der Waals surface area contributed by atoms with Gasteiger partial charge in [-0.05, 0) is 37.6 Å². The SMILES string of the molecule is CCN(Cc1ccc(C)c(F)c1)C(C)CC(=O)O.